The molecular formula is C11H19N5. The highest BCUT2D eigenvalue weighted by atomic mass is 15.2. The standard InChI is InChI=1S/C11H19N5/c1-8(2)14-11-13-5-3-10(15-11)16-6-4-9(12)7-16/h3,5,8-9H,4,6-7,12H2,1-2H3,(H,13,14,15)/t9-/m1/s1. The summed E-state index contributed by atoms with van der Waals surface area (Å²) in [6.07, 6.45) is 2.83. The molecule has 0 aliphatic carbocycles. The Balaban J connectivity index is 2.09. The molecule has 1 aromatic rings. The molecule has 5 heteroatoms. The van der Waals surface area contributed by atoms with Crippen molar-refractivity contribution in [2.75, 3.05) is 23.3 Å². The molecule has 0 unspecified atom stereocenters. The van der Waals surface area contributed by atoms with Crippen molar-refractivity contribution < 1.29 is 0 Å². The van der Waals surface area contributed by atoms with Gasteiger partial charge in [-0.2, -0.15) is 4.98 Å². The number of nitrogens with zero attached hydrogens (tertiary/aromatic N) is 3. The number of hydrogen-bond acceptors (Lipinski definition) is 5. The number of hydrogen-bond donors (Lipinski definition) is 2. The molecule has 5 nitrogen and oxygen atoms in total. The summed E-state index contributed by atoms with van der Waals surface area (Å²) >= 11 is 0. The van der Waals surface area contributed by atoms with Gasteiger partial charge in [0.1, 0.15) is 5.82 Å². The maximum atomic E-state index is 5.88. The third-order valence-electron chi connectivity index (χ3n) is 2.61. The highest BCUT2D eigenvalue weighted by Crippen LogP contribution is 2.17. The van der Waals surface area contributed by atoms with Gasteiger partial charge in [-0.25, -0.2) is 4.98 Å². The molecule has 16 heavy (non-hydrogen) atoms. The molecule has 2 heterocycles. The first-order chi connectivity index (χ1) is 7.65. The van der Waals surface area contributed by atoms with Crippen molar-refractivity contribution in [3.8, 4) is 0 Å². The average Bonchev–Trinajstić information content (AvgIpc) is 2.64. The molecule has 1 aliphatic heterocycles. The van der Waals surface area contributed by atoms with E-state index in [1.165, 1.54) is 0 Å². The van der Waals surface area contributed by atoms with Gasteiger partial charge in [-0.1, -0.05) is 0 Å². The van der Waals surface area contributed by atoms with Crippen LogP contribution in [0.1, 0.15) is 20.3 Å². The number of rotatable bonds is 3. The van der Waals surface area contributed by atoms with E-state index in [1.54, 1.807) is 6.20 Å². The summed E-state index contributed by atoms with van der Waals surface area (Å²) in [5, 5.41) is 3.20. The second-order valence-corrected chi connectivity index (χ2v) is 4.53. The SMILES string of the molecule is CC(C)Nc1nccc(N2CC[C@@H](N)C2)n1. The second-order valence-electron chi connectivity index (χ2n) is 4.53. The lowest BCUT2D eigenvalue weighted by Gasteiger charge is -2.17. The predicted molar refractivity (Wildman–Crippen MR) is 65.6 cm³/mol. The molecule has 0 saturated carbocycles. The quantitative estimate of drug-likeness (QED) is 0.791. The summed E-state index contributed by atoms with van der Waals surface area (Å²) in [6.45, 7) is 6.01. The molecule has 0 aromatic carbocycles. The lowest BCUT2D eigenvalue weighted by molar-refractivity contribution is 0.751. The first-order valence-corrected chi connectivity index (χ1v) is 5.75. The highest BCUT2D eigenvalue weighted by molar-refractivity contribution is 5.43. The van der Waals surface area contributed by atoms with Gasteiger partial charge in [0.15, 0.2) is 0 Å². The van der Waals surface area contributed by atoms with E-state index >= 15 is 0 Å². The molecule has 2 rings (SSSR count). The zero-order chi connectivity index (χ0) is 11.5. The molecule has 1 fully saturated rings. The van der Waals surface area contributed by atoms with Gasteiger partial charge in [0.25, 0.3) is 0 Å². The molecule has 0 spiro atoms. The minimum atomic E-state index is 0.275. The van der Waals surface area contributed by atoms with Crippen LogP contribution in [0.3, 0.4) is 0 Å². The van der Waals surface area contributed by atoms with E-state index in [4.69, 9.17) is 5.73 Å². The molecule has 0 bridgehead atoms. The normalized spacial score (nSPS) is 20.5. The lowest BCUT2D eigenvalue weighted by atomic mass is 10.3. The summed E-state index contributed by atoms with van der Waals surface area (Å²) in [6, 6.07) is 2.55. The van der Waals surface area contributed by atoms with Crippen LogP contribution in [0.25, 0.3) is 0 Å². The minimum Gasteiger partial charge on any atom is -0.355 e. The predicted octanol–water partition coefficient (Wildman–Crippen LogP) is 0.834. The minimum absolute atomic E-state index is 0.275. The zero-order valence-electron chi connectivity index (χ0n) is 9.85. The van der Waals surface area contributed by atoms with Crippen LogP contribution in [0, 0.1) is 0 Å². The van der Waals surface area contributed by atoms with E-state index in [0.717, 1.165) is 25.3 Å². The van der Waals surface area contributed by atoms with Crippen molar-refractivity contribution in [1.82, 2.24) is 9.97 Å². The largest absolute Gasteiger partial charge is 0.355 e. The van der Waals surface area contributed by atoms with Crippen molar-refractivity contribution in [2.45, 2.75) is 32.4 Å². The van der Waals surface area contributed by atoms with E-state index in [9.17, 15) is 0 Å². The van der Waals surface area contributed by atoms with Crippen LogP contribution in [0.5, 0.6) is 0 Å². The average molecular weight is 221 g/mol. The molecule has 0 amide bonds. The van der Waals surface area contributed by atoms with Crippen molar-refractivity contribution in [1.29, 1.82) is 0 Å². The number of anilines is 2. The van der Waals surface area contributed by atoms with Crippen molar-refractivity contribution in [3.05, 3.63) is 12.3 Å². The van der Waals surface area contributed by atoms with E-state index in [0.29, 0.717) is 12.0 Å². The number of nitrogens with two attached hydrogens (primary N) is 1. The van der Waals surface area contributed by atoms with E-state index in [1.807, 2.05) is 6.07 Å². The summed E-state index contributed by atoms with van der Waals surface area (Å²) in [4.78, 5) is 10.9. The fourth-order valence-electron chi connectivity index (χ4n) is 1.85. The zero-order valence-corrected chi connectivity index (χ0v) is 9.85. The fraction of sp³-hybridized carbons (Fsp3) is 0.636. The van der Waals surface area contributed by atoms with E-state index in [2.05, 4.69) is 34.0 Å². The van der Waals surface area contributed by atoms with Crippen LogP contribution >= 0.6 is 0 Å². The Labute approximate surface area is 96.1 Å². The van der Waals surface area contributed by atoms with Gasteiger partial charge in [-0.3, -0.25) is 0 Å². The molecule has 1 saturated heterocycles. The van der Waals surface area contributed by atoms with E-state index < -0.39 is 0 Å². The second kappa shape index (κ2) is 4.65. The van der Waals surface area contributed by atoms with Crippen LogP contribution < -0.4 is 16.0 Å². The van der Waals surface area contributed by atoms with Gasteiger partial charge < -0.3 is 16.0 Å². The van der Waals surface area contributed by atoms with Gasteiger partial charge in [0, 0.05) is 31.4 Å². The molecule has 1 atom stereocenters. The van der Waals surface area contributed by atoms with Crippen LogP contribution in [0.2, 0.25) is 0 Å². The molecular weight excluding hydrogens is 202 g/mol. The first kappa shape index (κ1) is 11.1. The maximum absolute atomic E-state index is 5.88. The van der Waals surface area contributed by atoms with Crippen molar-refractivity contribution >= 4 is 11.8 Å². The lowest BCUT2D eigenvalue weighted by Crippen LogP contribution is -2.27. The number of nitrogens with one attached hydrogen (secondary N) is 1. The van der Waals surface area contributed by atoms with Gasteiger partial charge in [0.05, 0.1) is 0 Å². The van der Waals surface area contributed by atoms with Crippen molar-refractivity contribution in [3.63, 3.8) is 0 Å². The Morgan fingerprint density at radius 2 is 2.38 bits per heavy atom. The third kappa shape index (κ3) is 2.61. The van der Waals surface area contributed by atoms with Gasteiger partial charge in [0.2, 0.25) is 5.95 Å². The van der Waals surface area contributed by atoms with E-state index in [-0.39, 0.29) is 6.04 Å². The molecule has 88 valence electrons. The summed E-state index contributed by atoms with van der Waals surface area (Å²) < 4.78 is 0. The molecule has 0 radical (unpaired) electrons. The molecule has 1 aromatic heterocycles. The first-order valence-electron chi connectivity index (χ1n) is 5.75. The van der Waals surface area contributed by atoms with Crippen LogP contribution in [-0.2, 0) is 0 Å². The third-order valence-corrected chi connectivity index (χ3v) is 2.61. The monoisotopic (exact) mass is 221 g/mol. The topological polar surface area (TPSA) is 67.1 Å². The summed E-state index contributed by atoms with van der Waals surface area (Å²) in [5.74, 6) is 1.65. The Kier molecular flexibility index (Phi) is 3.24. The van der Waals surface area contributed by atoms with Gasteiger partial charge in [-0.15, -0.1) is 0 Å². The summed E-state index contributed by atoms with van der Waals surface area (Å²) in [5.41, 5.74) is 5.88. The van der Waals surface area contributed by atoms with Crippen molar-refractivity contribution in [2.24, 2.45) is 5.73 Å². The maximum Gasteiger partial charge on any atom is 0.224 e. The molecule has 1 aliphatic rings. The highest BCUT2D eigenvalue weighted by Gasteiger charge is 2.20. The fourth-order valence-corrected chi connectivity index (χ4v) is 1.85. The van der Waals surface area contributed by atoms with Crippen LogP contribution in [-0.4, -0.2) is 35.1 Å². The molecule has 3 N–H and O–H groups in total. The Hall–Kier alpha value is -1.36. The smallest absolute Gasteiger partial charge is 0.224 e. The Bertz CT molecular complexity index is 352. The summed E-state index contributed by atoms with van der Waals surface area (Å²) in [7, 11) is 0. The Morgan fingerprint density at radius 3 is 3.00 bits per heavy atom. The van der Waals surface area contributed by atoms with Gasteiger partial charge >= 0.3 is 0 Å². The van der Waals surface area contributed by atoms with Crippen LogP contribution in [0.4, 0.5) is 11.8 Å². The Morgan fingerprint density at radius 1 is 1.56 bits per heavy atom. The number of aromatic nitrogens is 2. The van der Waals surface area contributed by atoms with Gasteiger partial charge in [-0.05, 0) is 26.3 Å². The van der Waals surface area contributed by atoms with Crippen LogP contribution in [0.15, 0.2) is 12.3 Å².